The molecule has 3 aliphatic rings. The molecule has 0 bridgehead atoms. The zero-order valence-electron chi connectivity index (χ0n) is 18.3. The van der Waals surface area contributed by atoms with E-state index in [1.54, 1.807) is 0 Å². The van der Waals surface area contributed by atoms with Gasteiger partial charge in [0.2, 0.25) is 11.8 Å². The second-order valence-electron chi connectivity index (χ2n) is 9.35. The molecule has 0 aromatic heterocycles. The van der Waals surface area contributed by atoms with Crippen molar-refractivity contribution in [2.75, 3.05) is 19.6 Å². The molecule has 1 aliphatic carbocycles. The Morgan fingerprint density at radius 1 is 0.833 bits per heavy atom. The van der Waals surface area contributed by atoms with E-state index in [1.165, 1.54) is 49.9 Å². The van der Waals surface area contributed by atoms with Crippen molar-refractivity contribution in [1.29, 1.82) is 0 Å². The standard InChI is InChI=1S/C25H37N3O2/c29-24(23-14-9-17-28(23)25(30)20-10-3-4-11-20)26-18-21-12-5-6-13-22(21)19-27-15-7-1-2-8-16-27/h5-6,12-13,20,23H,1-4,7-11,14-19H2,(H,26,29). The Hall–Kier alpha value is -1.88. The highest BCUT2D eigenvalue weighted by molar-refractivity contribution is 5.89. The van der Waals surface area contributed by atoms with Crippen molar-refractivity contribution in [3.63, 3.8) is 0 Å². The third-order valence-electron chi connectivity index (χ3n) is 7.21. The van der Waals surface area contributed by atoms with E-state index >= 15 is 0 Å². The summed E-state index contributed by atoms with van der Waals surface area (Å²) in [5.41, 5.74) is 2.51. The largest absolute Gasteiger partial charge is 0.350 e. The van der Waals surface area contributed by atoms with Gasteiger partial charge in [-0.1, -0.05) is 49.9 Å². The van der Waals surface area contributed by atoms with Crippen LogP contribution in [0.5, 0.6) is 0 Å². The summed E-state index contributed by atoms with van der Waals surface area (Å²) in [4.78, 5) is 30.3. The third-order valence-corrected chi connectivity index (χ3v) is 7.21. The fourth-order valence-electron chi connectivity index (χ4n) is 5.43. The molecule has 1 saturated carbocycles. The molecule has 4 rings (SSSR count). The van der Waals surface area contributed by atoms with Crippen LogP contribution in [0.1, 0.15) is 75.3 Å². The Balaban J connectivity index is 1.34. The van der Waals surface area contributed by atoms with E-state index in [2.05, 4.69) is 34.5 Å². The molecule has 1 unspecified atom stereocenters. The SMILES string of the molecule is O=C(NCc1ccccc1CN1CCCCCC1)C1CCCN1C(=O)C1CCCC1. The van der Waals surface area contributed by atoms with Crippen molar-refractivity contribution >= 4 is 11.8 Å². The first kappa shape index (κ1) is 21.4. The molecule has 164 valence electrons. The van der Waals surface area contributed by atoms with Crippen molar-refractivity contribution in [1.82, 2.24) is 15.1 Å². The second kappa shape index (κ2) is 10.4. The lowest BCUT2D eigenvalue weighted by atomic mass is 10.1. The van der Waals surface area contributed by atoms with E-state index in [0.29, 0.717) is 6.54 Å². The first-order valence-corrected chi connectivity index (χ1v) is 12.1. The van der Waals surface area contributed by atoms with E-state index < -0.39 is 0 Å². The van der Waals surface area contributed by atoms with Gasteiger partial charge in [-0.3, -0.25) is 14.5 Å². The van der Waals surface area contributed by atoms with Gasteiger partial charge in [-0.05, 0) is 62.7 Å². The van der Waals surface area contributed by atoms with Crippen LogP contribution in [-0.2, 0) is 22.7 Å². The van der Waals surface area contributed by atoms with Crippen LogP contribution in [0.25, 0.3) is 0 Å². The molecule has 3 fully saturated rings. The number of hydrogen-bond acceptors (Lipinski definition) is 3. The van der Waals surface area contributed by atoms with Crippen LogP contribution in [0.2, 0.25) is 0 Å². The molecule has 1 atom stereocenters. The van der Waals surface area contributed by atoms with Crippen molar-refractivity contribution in [2.24, 2.45) is 5.92 Å². The number of amides is 2. The highest BCUT2D eigenvalue weighted by Gasteiger charge is 2.37. The van der Waals surface area contributed by atoms with E-state index in [1.807, 2.05) is 4.90 Å². The predicted molar refractivity (Wildman–Crippen MR) is 119 cm³/mol. The Labute approximate surface area is 181 Å². The Bertz CT molecular complexity index is 721. The number of carbonyl (C=O) groups is 2. The quantitative estimate of drug-likeness (QED) is 0.773. The Kier molecular flexibility index (Phi) is 7.42. The lowest BCUT2D eigenvalue weighted by Gasteiger charge is -2.27. The number of hydrogen-bond donors (Lipinski definition) is 1. The molecule has 2 aliphatic heterocycles. The Morgan fingerprint density at radius 2 is 1.53 bits per heavy atom. The van der Waals surface area contributed by atoms with Gasteiger partial charge in [-0.2, -0.15) is 0 Å². The minimum atomic E-state index is -0.282. The highest BCUT2D eigenvalue weighted by atomic mass is 16.2. The fourth-order valence-corrected chi connectivity index (χ4v) is 5.43. The number of nitrogens with one attached hydrogen (secondary N) is 1. The predicted octanol–water partition coefficient (Wildman–Crippen LogP) is 3.86. The first-order chi connectivity index (χ1) is 14.7. The Morgan fingerprint density at radius 3 is 2.27 bits per heavy atom. The highest BCUT2D eigenvalue weighted by Crippen LogP contribution is 2.29. The van der Waals surface area contributed by atoms with Gasteiger partial charge in [0.25, 0.3) is 0 Å². The van der Waals surface area contributed by atoms with E-state index in [-0.39, 0.29) is 23.8 Å². The van der Waals surface area contributed by atoms with Gasteiger partial charge in [0.1, 0.15) is 6.04 Å². The topological polar surface area (TPSA) is 52.7 Å². The summed E-state index contributed by atoms with van der Waals surface area (Å²) < 4.78 is 0. The van der Waals surface area contributed by atoms with Crippen LogP contribution in [0.3, 0.4) is 0 Å². The number of likely N-dealkylation sites (tertiary alicyclic amines) is 2. The van der Waals surface area contributed by atoms with Crippen LogP contribution >= 0.6 is 0 Å². The third kappa shape index (κ3) is 5.23. The molecular formula is C25H37N3O2. The number of rotatable bonds is 6. The van der Waals surface area contributed by atoms with E-state index in [9.17, 15) is 9.59 Å². The summed E-state index contributed by atoms with van der Waals surface area (Å²) in [6.45, 7) is 4.58. The van der Waals surface area contributed by atoms with Gasteiger partial charge in [0.05, 0.1) is 0 Å². The smallest absolute Gasteiger partial charge is 0.243 e. The van der Waals surface area contributed by atoms with Crippen LogP contribution in [0.15, 0.2) is 24.3 Å². The maximum Gasteiger partial charge on any atom is 0.243 e. The van der Waals surface area contributed by atoms with Crippen LogP contribution in [0.4, 0.5) is 0 Å². The minimum Gasteiger partial charge on any atom is -0.350 e. The maximum absolute atomic E-state index is 13.0. The van der Waals surface area contributed by atoms with Crippen molar-refractivity contribution < 1.29 is 9.59 Å². The average molecular weight is 412 g/mol. The van der Waals surface area contributed by atoms with E-state index in [4.69, 9.17) is 0 Å². The van der Waals surface area contributed by atoms with Crippen LogP contribution in [-0.4, -0.2) is 47.3 Å². The summed E-state index contributed by atoms with van der Waals surface area (Å²) in [5, 5.41) is 3.15. The first-order valence-electron chi connectivity index (χ1n) is 12.1. The zero-order chi connectivity index (χ0) is 20.8. The maximum atomic E-state index is 13.0. The molecule has 1 aromatic carbocycles. The van der Waals surface area contributed by atoms with Crippen LogP contribution < -0.4 is 5.32 Å². The minimum absolute atomic E-state index is 0.0171. The summed E-state index contributed by atoms with van der Waals surface area (Å²) >= 11 is 0. The molecule has 5 heteroatoms. The molecule has 30 heavy (non-hydrogen) atoms. The fraction of sp³-hybridized carbons (Fsp3) is 0.680. The van der Waals surface area contributed by atoms with Gasteiger partial charge in [-0.25, -0.2) is 0 Å². The summed E-state index contributed by atoms with van der Waals surface area (Å²) in [6.07, 6.45) is 11.3. The van der Waals surface area contributed by atoms with Gasteiger partial charge in [0, 0.05) is 25.6 Å². The molecule has 0 radical (unpaired) electrons. The summed E-state index contributed by atoms with van der Waals surface area (Å²) in [6, 6.07) is 8.19. The molecule has 5 nitrogen and oxygen atoms in total. The molecule has 2 amide bonds. The van der Waals surface area contributed by atoms with E-state index in [0.717, 1.165) is 51.6 Å². The number of benzene rings is 1. The average Bonchev–Trinajstić information content (AvgIpc) is 3.41. The summed E-state index contributed by atoms with van der Waals surface area (Å²) in [7, 11) is 0. The normalized spacial score (nSPS) is 23.5. The van der Waals surface area contributed by atoms with Gasteiger partial charge >= 0.3 is 0 Å². The molecule has 1 aromatic rings. The molecule has 2 saturated heterocycles. The monoisotopic (exact) mass is 411 g/mol. The van der Waals surface area contributed by atoms with Crippen LogP contribution in [0, 0.1) is 5.92 Å². The molecule has 1 N–H and O–H groups in total. The molecular weight excluding hydrogens is 374 g/mol. The van der Waals surface area contributed by atoms with Gasteiger partial charge in [0.15, 0.2) is 0 Å². The van der Waals surface area contributed by atoms with Crippen molar-refractivity contribution in [3.8, 4) is 0 Å². The van der Waals surface area contributed by atoms with Gasteiger partial charge < -0.3 is 10.2 Å². The molecule has 0 spiro atoms. The lowest BCUT2D eigenvalue weighted by Crippen LogP contribution is -2.47. The van der Waals surface area contributed by atoms with Crippen molar-refractivity contribution in [3.05, 3.63) is 35.4 Å². The van der Waals surface area contributed by atoms with Crippen molar-refractivity contribution in [2.45, 2.75) is 83.3 Å². The summed E-state index contributed by atoms with van der Waals surface area (Å²) in [5.74, 6) is 0.378. The number of carbonyl (C=O) groups excluding carboxylic acids is 2. The second-order valence-corrected chi connectivity index (χ2v) is 9.35. The zero-order valence-corrected chi connectivity index (χ0v) is 18.3. The number of nitrogens with zero attached hydrogens (tertiary/aromatic N) is 2. The lowest BCUT2D eigenvalue weighted by molar-refractivity contribution is -0.141. The molecule has 2 heterocycles. The van der Waals surface area contributed by atoms with Gasteiger partial charge in [-0.15, -0.1) is 0 Å².